The van der Waals surface area contributed by atoms with Crippen molar-refractivity contribution in [2.75, 3.05) is 0 Å². The summed E-state index contributed by atoms with van der Waals surface area (Å²) < 4.78 is 169. The van der Waals surface area contributed by atoms with E-state index < -0.39 is 79.3 Å². The van der Waals surface area contributed by atoms with Crippen molar-refractivity contribution in [3.8, 4) is 0 Å². The fraction of sp³-hybridized carbons (Fsp3) is 0.543. The van der Waals surface area contributed by atoms with Gasteiger partial charge >= 0.3 is 24.7 Å². The molecule has 0 bridgehead atoms. The van der Waals surface area contributed by atoms with Crippen LogP contribution in [0.25, 0.3) is 0 Å². The molecule has 0 saturated heterocycles. The Balaban J connectivity index is 1.72. The minimum absolute atomic E-state index is 0.0862. The van der Waals surface area contributed by atoms with Gasteiger partial charge in [-0.1, -0.05) is 71.6 Å². The van der Waals surface area contributed by atoms with Gasteiger partial charge in [0.1, 0.15) is 0 Å². The Kier molecular flexibility index (Phi) is 11.3. The van der Waals surface area contributed by atoms with Gasteiger partial charge in [0, 0.05) is 5.92 Å². The van der Waals surface area contributed by atoms with Crippen molar-refractivity contribution in [1.82, 2.24) is 0 Å². The van der Waals surface area contributed by atoms with Gasteiger partial charge in [0.05, 0.1) is 22.3 Å². The van der Waals surface area contributed by atoms with Crippen LogP contribution in [0.15, 0.2) is 59.9 Å². The van der Waals surface area contributed by atoms with Crippen LogP contribution in [-0.4, -0.2) is 17.0 Å². The Morgan fingerprint density at radius 1 is 0.531 bits per heavy atom. The van der Waals surface area contributed by atoms with Crippen molar-refractivity contribution >= 4 is 26.5 Å². The number of rotatable bonds is 7. The zero-order chi connectivity index (χ0) is 35.9. The number of halogens is 12. The lowest BCUT2D eigenvalue weighted by molar-refractivity contribution is -0.144. The van der Waals surface area contributed by atoms with Crippen LogP contribution in [-0.2, 0) is 24.7 Å². The monoisotopic (exact) mass is 746 g/mol. The molecule has 3 aliphatic rings. The van der Waals surface area contributed by atoms with Crippen LogP contribution < -0.4 is 10.6 Å². The topological polar surface area (TPSA) is 0 Å². The Morgan fingerprint density at radius 2 is 0.878 bits per heavy atom. The lowest BCUT2D eigenvalue weighted by Gasteiger charge is -2.44. The molecule has 0 amide bonds. The first-order valence-corrected chi connectivity index (χ1v) is 19.2. The summed E-state index contributed by atoms with van der Waals surface area (Å²) in [6.45, 7) is 2.00. The fourth-order valence-electron chi connectivity index (χ4n) is 7.60. The summed E-state index contributed by atoms with van der Waals surface area (Å²) in [6.07, 6.45) is -5.98. The second-order valence-electron chi connectivity index (χ2n) is 13.1. The van der Waals surface area contributed by atoms with E-state index in [1.54, 1.807) is 12.2 Å². The van der Waals surface area contributed by atoms with Crippen LogP contribution in [0.3, 0.4) is 0 Å². The maximum atomic E-state index is 14.1. The summed E-state index contributed by atoms with van der Waals surface area (Å²) >= 11 is 0. The third kappa shape index (κ3) is 8.88. The van der Waals surface area contributed by atoms with E-state index in [1.165, 1.54) is 6.08 Å². The van der Waals surface area contributed by atoms with Gasteiger partial charge in [-0.3, -0.25) is 0 Å². The first-order valence-electron chi connectivity index (χ1n) is 16.3. The van der Waals surface area contributed by atoms with Gasteiger partial charge in [-0.15, -0.1) is 0 Å². The smallest absolute Gasteiger partial charge is 0.166 e. The van der Waals surface area contributed by atoms with Crippen LogP contribution in [0.5, 0.6) is 0 Å². The van der Waals surface area contributed by atoms with E-state index in [4.69, 9.17) is 0 Å². The van der Waals surface area contributed by atoms with Gasteiger partial charge in [-0.25, -0.2) is 0 Å². The van der Waals surface area contributed by atoms with Crippen molar-refractivity contribution in [1.29, 1.82) is 0 Å². The van der Waals surface area contributed by atoms with Crippen molar-refractivity contribution in [3.05, 3.63) is 82.2 Å². The molecule has 2 aromatic carbocycles. The Labute approximate surface area is 279 Å². The maximum absolute atomic E-state index is 14.1. The van der Waals surface area contributed by atoms with Crippen LogP contribution in [0.1, 0.15) is 93.4 Å². The molecule has 49 heavy (non-hydrogen) atoms. The fourth-order valence-corrected chi connectivity index (χ4v) is 15.0. The molecule has 2 saturated carbocycles. The molecule has 5 rings (SSSR count). The van der Waals surface area contributed by atoms with E-state index in [0.717, 1.165) is 64.2 Å². The van der Waals surface area contributed by atoms with Gasteiger partial charge in [-0.05, 0) is 103 Å². The number of benzene rings is 2. The number of hydrogen-bond acceptors (Lipinski definition) is 0. The molecule has 0 N–H and O–H groups in total. The van der Waals surface area contributed by atoms with E-state index in [1.807, 2.05) is 6.92 Å². The van der Waals surface area contributed by atoms with Gasteiger partial charge in [0.25, 0.3) is 0 Å². The zero-order valence-electron chi connectivity index (χ0n) is 26.5. The third-order valence-corrected chi connectivity index (χ3v) is 16.3. The SMILES string of the molecule is C[C@H](C1C=CC=C1P(c1cc(C(F)(F)F)cc(C(F)(F)F)c1)c1cc(C(F)(F)F)cc(C(F)(F)F)c1)P(C1CCCCC1)C1CCCCC1. The first-order chi connectivity index (χ1) is 22.7. The van der Waals surface area contributed by atoms with Gasteiger partial charge < -0.3 is 0 Å². The van der Waals surface area contributed by atoms with Crippen molar-refractivity contribution in [2.24, 2.45) is 5.92 Å². The van der Waals surface area contributed by atoms with Crippen LogP contribution in [0, 0.1) is 5.92 Å². The number of alkyl halides is 12. The highest BCUT2D eigenvalue weighted by Gasteiger charge is 2.44. The summed E-state index contributed by atoms with van der Waals surface area (Å²) in [5.41, 5.74) is -6.15. The molecule has 14 heteroatoms. The lowest BCUT2D eigenvalue weighted by Crippen LogP contribution is -2.30. The van der Waals surface area contributed by atoms with Crippen molar-refractivity contribution in [2.45, 2.75) is 113 Å². The Bertz CT molecular complexity index is 1360. The van der Waals surface area contributed by atoms with Crippen LogP contribution in [0.4, 0.5) is 52.7 Å². The molecule has 0 aliphatic heterocycles. The largest absolute Gasteiger partial charge is 0.416 e. The summed E-state index contributed by atoms with van der Waals surface area (Å²) in [6, 6.07) is 1.61. The molecule has 2 atom stereocenters. The number of hydrogen-bond donors (Lipinski definition) is 0. The first kappa shape index (κ1) is 38.2. The third-order valence-electron chi connectivity index (χ3n) is 9.83. The van der Waals surface area contributed by atoms with Crippen molar-refractivity contribution < 1.29 is 52.7 Å². The quantitative estimate of drug-likeness (QED) is 0.196. The zero-order valence-corrected chi connectivity index (χ0v) is 28.3. The Morgan fingerprint density at radius 3 is 1.20 bits per heavy atom. The second-order valence-corrected chi connectivity index (χ2v) is 18.5. The average molecular weight is 747 g/mol. The van der Waals surface area contributed by atoms with E-state index in [0.29, 0.717) is 35.6 Å². The minimum Gasteiger partial charge on any atom is -0.166 e. The highest BCUT2D eigenvalue weighted by atomic mass is 31.1. The highest BCUT2D eigenvalue weighted by Crippen LogP contribution is 2.64. The predicted molar refractivity (Wildman–Crippen MR) is 170 cm³/mol. The van der Waals surface area contributed by atoms with E-state index >= 15 is 0 Å². The van der Waals surface area contributed by atoms with Gasteiger partial charge in [-0.2, -0.15) is 52.7 Å². The molecule has 3 aliphatic carbocycles. The normalized spacial score (nSPS) is 21.1. The molecule has 0 nitrogen and oxygen atoms in total. The predicted octanol–water partition coefficient (Wildman–Crippen LogP) is 12.8. The van der Waals surface area contributed by atoms with Crippen LogP contribution in [0.2, 0.25) is 0 Å². The van der Waals surface area contributed by atoms with E-state index in [9.17, 15) is 52.7 Å². The summed E-state index contributed by atoms with van der Waals surface area (Å²) in [5, 5.41) is -0.977. The van der Waals surface area contributed by atoms with E-state index in [-0.39, 0.29) is 23.1 Å². The van der Waals surface area contributed by atoms with Crippen molar-refractivity contribution in [3.63, 3.8) is 0 Å². The molecule has 0 spiro atoms. The molecule has 270 valence electrons. The number of allylic oxidation sites excluding steroid dienone is 4. The second kappa shape index (κ2) is 14.5. The van der Waals surface area contributed by atoms with E-state index in [2.05, 4.69) is 0 Å². The molecule has 2 fully saturated rings. The minimum atomic E-state index is -5.27. The molecular weight excluding hydrogens is 710 g/mol. The summed E-state index contributed by atoms with van der Waals surface area (Å²) in [7, 11) is -3.49. The lowest BCUT2D eigenvalue weighted by atomic mass is 9.99. The standard InChI is InChI=1S/C35H36F12P2/c1-21(48(26-9-4-2-5-10-26)27-11-6-3-7-12-27)30-13-8-14-31(30)49(28-17-22(32(36,37)38)15-23(18-28)33(39,40)41)29-19-24(34(42,43)44)16-25(20-29)35(45,46)47/h8,13-21,26-27,30H,2-7,9-12H2,1H3/t21-,30?/m1/s1. The molecule has 0 heterocycles. The molecule has 2 aromatic rings. The highest BCUT2D eigenvalue weighted by molar-refractivity contribution is 7.77. The Hall–Kier alpha value is -2.06. The average Bonchev–Trinajstić information content (AvgIpc) is 3.50. The van der Waals surface area contributed by atoms with Gasteiger partial charge in [0.15, 0.2) is 0 Å². The summed E-state index contributed by atoms with van der Waals surface area (Å²) in [5.74, 6) is -0.589. The summed E-state index contributed by atoms with van der Waals surface area (Å²) in [4.78, 5) is 0. The van der Waals surface area contributed by atoms with Gasteiger partial charge in [0.2, 0.25) is 0 Å². The molecular formula is C35H36F12P2. The molecule has 0 aromatic heterocycles. The van der Waals surface area contributed by atoms with Crippen LogP contribution >= 0.6 is 15.8 Å². The maximum Gasteiger partial charge on any atom is 0.416 e. The molecule has 0 radical (unpaired) electrons. The molecule has 1 unspecified atom stereocenters.